The van der Waals surface area contributed by atoms with Gasteiger partial charge in [-0.15, -0.1) is 0 Å². The van der Waals surface area contributed by atoms with Gasteiger partial charge in [0, 0.05) is 55.5 Å². The van der Waals surface area contributed by atoms with Gasteiger partial charge < -0.3 is 14.1 Å². The molecule has 11 aromatic rings. The van der Waals surface area contributed by atoms with Crippen molar-refractivity contribution in [2.24, 2.45) is 0 Å². The number of fused-ring (bicyclic) bond motifs is 18. The van der Waals surface area contributed by atoms with Crippen molar-refractivity contribution in [2.45, 2.75) is 43.6 Å². The molecule has 0 amide bonds. The quantitative estimate of drug-likeness (QED) is 0.176. The molecular weight excluding hydrogens is 851 g/mol. The fourth-order valence-corrected chi connectivity index (χ4v) is 13.2. The Kier molecular flexibility index (Phi) is 8.23. The van der Waals surface area contributed by atoms with Gasteiger partial charge >= 0.3 is 0 Å². The summed E-state index contributed by atoms with van der Waals surface area (Å²) < 4.78 is 13.6. The van der Waals surface area contributed by atoms with Crippen LogP contribution in [-0.4, -0.2) is 6.04 Å². The van der Waals surface area contributed by atoms with Crippen LogP contribution in [0.2, 0.25) is 0 Å². The SMILES string of the molecule is CC1(C)C2=C(CC(N(c3ccc(-c4ccc5c(c4)-c4ccccc4C54c5ccc6ccccc6c5Oc5c4ccc4ccccc54)cc3)c3ccc4oc5ccccc5c4c3)CC=C2)c2ccccc21. The minimum Gasteiger partial charge on any atom is -0.456 e. The first-order valence-corrected chi connectivity index (χ1v) is 24.7. The summed E-state index contributed by atoms with van der Waals surface area (Å²) in [6.07, 6.45) is 6.69. The number of anilines is 2. The maximum absolute atomic E-state index is 7.19. The first-order valence-electron chi connectivity index (χ1n) is 24.7. The van der Waals surface area contributed by atoms with Gasteiger partial charge in [-0.05, 0) is 122 Å². The molecule has 0 N–H and O–H groups in total. The van der Waals surface area contributed by atoms with E-state index in [0.29, 0.717) is 0 Å². The normalized spacial score (nSPS) is 16.7. The lowest BCUT2D eigenvalue weighted by Gasteiger charge is -2.40. The largest absolute Gasteiger partial charge is 0.456 e. The molecule has 1 aliphatic heterocycles. The Hall–Kier alpha value is -8.40. The molecule has 0 bridgehead atoms. The molecule has 3 aliphatic carbocycles. The number of hydrogen-bond donors (Lipinski definition) is 0. The van der Waals surface area contributed by atoms with Crippen LogP contribution < -0.4 is 9.64 Å². The summed E-state index contributed by atoms with van der Waals surface area (Å²) in [5.41, 5.74) is 19.1. The van der Waals surface area contributed by atoms with E-state index in [1.807, 2.05) is 6.07 Å². The second-order valence-electron chi connectivity index (χ2n) is 20.2. The second-order valence-corrected chi connectivity index (χ2v) is 20.2. The summed E-state index contributed by atoms with van der Waals surface area (Å²) in [6.45, 7) is 4.77. The van der Waals surface area contributed by atoms with E-state index in [2.05, 4.69) is 231 Å². The Balaban J connectivity index is 0.877. The molecule has 1 aromatic heterocycles. The molecule has 70 heavy (non-hydrogen) atoms. The van der Waals surface area contributed by atoms with Crippen LogP contribution in [0.15, 0.2) is 228 Å². The van der Waals surface area contributed by atoms with E-state index in [0.717, 1.165) is 62.7 Å². The van der Waals surface area contributed by atoms with E-state index in [1.165, 1.54) is 83.2 Å². The van der Waals surface area contributed by atoms with Crippen LogP contribution in [0.5, 0.6) is 11.5 Å². The molecule has 1 unspecified atom stereocenters. The summed E-state index contributed by atoms with van der Waals surface area (Å²) in [5, 5.41) is 6.87. The van der Waals surface area contributed by atoms with Crippen LogP contribution in [0.3, 0.4) is 0 Å². The Morgan fingerprint density at radius 1 is 0.457 bits per heavy atom. The van der Waals surface area contributed by atoms with Crippen molar-refractivity contribution in [3.05, 3.63) is 257 Å². The fraction of sp³-hybridized carbons (Fsp3) is 0.104. The number of allylic oxidation sites excluding steroid dienone is 2. The zero-order valence-corrected chi connectivity index (χ0v) is 39.0. The third kappa shape index (κ3) is 5.40. The highest BCUT2D eigenvalue weighted by Gasteiger charge is 2.52. The third-order valence-electron chi connectivity index (χ3n) is 16.4. The van der Waals surface area contributed by atoms with Gasteiger partial charge in [0.1, 0.15) is 22.7 Å². The lowest BCUT2D eigenvalue weighted by atomic mass is 9.65. The first kappa shape index (κ1) is 39.6. The number of ether oxygens (including phenoxy) is 1. The smallest absolute Gasteiger partial charge is 0.140 e. The summed E-state index contributed by atoms with van der Waals surface area (Å²) in [5.74, 6) is 1.87. The van der Waals surface area contributed by atoms with E-state index in [4.69, 9.17) is 9.15 Å². The summed E-state index contributed by atoms with van der Waals surface area (Å²) in [7, 11) is 0. The molecule has 3 heteroatoms. The predicted octanol–water partition coefficient (Wildman–Crippen LogP) is 17.6. The maximum Gasteiger partial charge on any atom is 0.140 e. The number of para-hydroxylation sites is 1. The molecule has 0 saturated heterocycles. The predicted molar refractivity (Wildman–Crippen MR) is 289 cm³/mol. The first-order chi connectivity index (χ1) is 34.4. The van der Waals surface area contributed by atoms with E-state index >= 15 is 0 Å². The topological polar surface area (TPSA) is 25.6 Å². The lowest BCUT2D eigenvalue weighted by Crippen LogP contribution is -2.32. The number of nitrogens with zero attached hydrogens (tertiary/aromatic N) is 1. The van der Waals surface area contributed by atoms with Crippen molar-refractivity contribution in [1.29, 1.82) is 0 Å². The molecule has 1 atom stereocenters. The molecule has 3 nitrogen and oxygen atoms in total. The highest BCUT2D eigenvalue weighted by molar-refractivity contribution is 6.06. The number of furan rings is 1. The van der Waals surface area contributed by atoms with Gasteiger partial charge in [0.15, 0.2) is 0 Å². The minimum atomic E-state index is -0.579. The standard InChI is InChI=1S/C67H47NO2/c1-66(2)56-22-10-7-19-50(56)54-39-46(16-13-24-57(54)66)68(47-33-37-63-55(40-47)52-21-9-12-25-62(52)69-63)45-31-26-41(27-32-45)44-30-34-59-53(38-44)51-20-8-11-23-58(51)67(59)60-35-28-42-14-3-5-17-48(42)64(60)70-65-49-18-6-4-15-43(49)29-36-61(65)67/h3-15,17-38,40,46H,16,39H2,1-2H3. The van der Waals surface area contributed by atoms with Crippen LogP contribution in [0.4, 0.5) is 11.4 Å². The highest BCUT2D eigenvalue weighted by atomic mass is 16.5. The molecule has 0 saturated carbocycles. The molecule has 10 aromatic carbocycles. The van der Waals surface area contributed by atoms with Crippen molar-refractivity contribution in [2.75, 3.05) is 4.90 Å². The van der Waals surface area contributed by atoms with Crippen LogP contribution in [0, 0.1) is 0 Å². The third-order valence-corrected chi connectivity index (χ3v) is 16.4. The molecule has 4 aliphatic rings. The average molecular weight is 898 g/mol. The summed E-state index contributed by atoms with van der Waals surface area (Å²) in [6, 6.07) is 76.4. The highest BCUT2D eigenvalue weighted by Crippen LogP contribution is 2.64. The Labute approximate surface area is 407 Å². The molecule has 1 spiro atoms. The second kappa shape index (κ2) is 14.6. The zero-order chi connectivity index (χ0) is 46.3. The molecular formula is C67H47NO2. The van der Waals surface area contributed by atoms with Gasteiger partial charge in [-0.2, -0.15) is 0 Å². The van der Waals surface area contributed by atoms with Gasteiger partial charge in [0.25, 0.3) is 0 Å². The van der Waals surface area contributed by atoms with Crippen LogP contribution >= 0.6 is 0 Å². The van der Waals surface area contributed by atoms with Crippen molar-refractivity contribution >= 4 is 60.4 Å². The summed E-state index contributed by atoms with van der Waals surface area (Å²) >= 11 is 0. The van der Waals surface area contributed by atoms with Crippen molar-refractivity contribution in [1.82, 2.24) is 0 Å². The molecule has 2 heterocycles. The van der Waals surface area contributed by atoms with Crippen molar-refractivity contribution < 1.29 is 9.15 Å². The van der Waals surface area contributed by atoms with Gasteiger partial charge in [-0.25, -0.2) is 0 Å². The molecule has 0 radical (unpaired) electrons. The summed E-state index contributed by atoms with van der Waals surface area (Å²) in [4.78, 5) is 2.59. The Bertz CT molecular complexity index is 4000. The molecule has 332 valence electrons. The molecule has 15 rings (SSSR count). The van der Waals surface area contributed by atoms with Gasteiger partial charge in [0.2, 0.25) is 0 Å². The van der Waals surface area contributed by atoms with E-state index < -0.39 is 5.41 Å². The lowest BCUT2D eigenvalue weighted by molar-refractivity contribution is 0.447. The monoisotopic (exact) mass is 897 g/mol. The van der Waals surface area contributed by atoms with Crippen LogP contribution in [0.25, 0.3) is 71.3 Å². The number of benzene rings is 10. The zero-order valence-electron chi connectivity index (χ0n) is 39.0. The van der Waals surface area contributed by atoms with E-state index in [1.54, 1.807) is 0 Å². The van der Waals surface area contributed by atoms with E-state index in [9.17, 15) is 0 Å². The maximum atomic E-state index is 7.19. The van der Waals surface area contributed by atoms with Crippen LogP contribution in [-0.2, 0) is 10.8 Å². The Morgan fingerprint density at radius 3 is 1.80 bits per heavy atom. The van der Waals surface area contributed by atoms with Crippen LogP contribution in [0.1, 0.15) is 60.1 Å². The van der Waals surface area contributed by atoms with Gasteiger partial charge in [0.05, 0.1) is 5.41 Å². The Morgan fingerprint density at radius 2 is 1.04 bits per heavy atom. The van der Waals surface area contributed by atoms with E-state index in [-0.39, 0.29) is 11.5 Å². The van der Waals surface area contributed by atoms with Gasteiger partial charge in [-0.1, -0.05) is 190 Å². The number of hydrogen-bond acceptors (Lipinski definition) is 3. The number of rotatable bonds is 4. The minimum absolute atomic E-state index is 0.0469. The average Bonchev–Trinajstić information content (AvgIpc) is 3.91. The van der Waals surface area contributed by atoms with Gasteiger partial charge in [-0.3, -0.25) is 0 Å². The van der Waals surface area contributed by atoms with Crippen molar-refractivity contribution in [3.63, 3.8) is 0 Å². The van der Waals surface area contributed by atoms with Crippen molar-refractivity contribution in [3.8, 4) is 33.8 Å². The molecule has 0 fully saturated rings. The fourth-order valence-electron chi connectivity index (χ4n) is 13.2.